The summed E-state index contributed by atoms with van der Waals surface area (Å²) in [5.41, 5.74) is 0.381. The summed E-state index contributed by atoms with van der Waals surface area (Å²) < 4.78 is 13.7. The van der Waals surface area contributed by atoms with Crippen LogP contribution in [0.1, 0.15) is 25.5 Å². The Morgan fingerprint density at radius 3 is 2.30 bits per heavy atom. The molecule has 0 amide bonds. The smallest absolute Gasteiger partial charge is 0.129 e. The molecule has 0 aliphatic heterocycles. The number of hydrogen-bond acceptors (Lipinski definition) is 3. The average molecular weight is 282 g/mol. The molecule has 0 bridgehead atoms. The zero-order valence-electron chi connectivity index (χ0n) is 13.0. The third kappa shape index (κ3) is 5.99. The Bertz CT molecular complexity index is 396. The molecule has 0 saturated carbocycles. The zero-order chi connectivity index (χ0) is 15.1. The van der Waals surface area contributed by atoms with Gasteiger partial charge in [-0.3, -0.25) is 4.90 Å². The van der Waals surface area contributed by atoms with E-state index < -0.39 is 6.10 Å². The van der Waals surface area contributed by atoms with Crippen LogP contribution in [0.15, 0.2) is 24.3 Å². The van der Waals surface area contributed by atoms with E-state index >= 15 is 0 Å². The van der Waals surface area contributed by atoms with Crippen molar-refractivity contribution in [3.63, 3.8) is 0 Å². The molecule has 0 saturated heterocycles. The third-order valence-electron chi connectivity index (χ3n) is 3.18. The van der Waals surface area contributed by atoms with Crippen LogP contribution in [-0.4, -0.2) is 55.2 Å². The summed E-state index contributed by atoms with van der Waals surface area (Å²) >= 11 is 0. The van der Waals surface area contributed by atoms with Crippen molar-refractivity contribution >= 4 is 0 Å². The first-order chi connectivity index (χ1) is 9.40. The third-order valence-corrected chi connectivity index (χ3v) is 3.18. The summed E-state index contributed by atoms with van der Waals surface area (Å²) in [4.78, 5) is 4.31. The van der Waals surface area contributed by atoms with Gasteiger partial charge in [0.25, 0.3) is 0 Å². The van der Waals surface area contributed by atoms with Crippen LogP contribution >= 0.6 is 0 Å². The van der Waals surface area contributed by atoms with Gasteiger partial charge >= 0.3 is 0 Å². The Morgan fingerprint density at radius 1 is 1.10 bits per heavy atom. The normalized spacial score (nSPS) is 13.4. The standard InChI is InChI=1S/C16H27FN2O/c1-13(2)11-19(10-9-18(3)4)12-16(20)14-7-5-6-8-15(14)17/h5-8,13,16,20H,9-12H2,1-4H3. The maximum absolute atomic E-state index is 13.7. The van der Waals surface area contributed by atoms with Gasteiger partial charge in [0.1, 0.15) is 5.82 Å². The minimum absolute atomic E-state index is 0.336. The fraction of sp³-hybridized carbons (Fsp3) is 0.625. The van der Waals surface area contributed by atoms with Crippen LogP contribution in [0.5, 0.6) is 0 Å². The van der Waals surface area contributed by atoms with Crippen molar-refractivity contribution in [3.05, 3.63) is 35.6 Å². The molecule has 1 atom stereocenters. The largest absolute Gasteiger partial charge is 0.387 e. The Kier molecular flexibility index (Phi) is 7.13. The second kappa shape index (κ2) is 8.35. The lowest BCUT2D eigenvalue weighted by Crippen LogP contribution is -2.37. The van der Waals surface area contributed by atoms with Crippen LogP contribution in [0.25, 0.3) is 0 Å². The molecule has 114 valence electrons. The average Bonchev–Trinajstić information content (AvgIpc) is 2.35. The second-order valence-electron chi connectivity index (χ2n) is 5.99. The number of aliphatic hydroxyl groups is 1. The van der Waals surface area contributed by atoms with Crippen LogP contribution in [0, 0.1) is 11.7 Å². The molecule has 4 heteroatoms. The van der Waals surface area contributed by atoms with Crippen LogP contribution in [0.4, 0.5) is 4.39 Å². The van der Waals surface area contributed by atoms with Crippen LogP contribution in [0.3, 0.4) is 0 Å². The molecule has 1 N–H and O–H groups in total. The number of aliphatic hydroxyl groups excluding tert-OH is 1. The SMILES string of the molecule is CC(C)CN(CCN(C)C)CC(O)c1ccccc1F. The first-order valence-corrected chi connectivity index (χ1v) is 7.19. The van der Waals surface area contributed by atoms with Gasteiger partial charge in [-0.2, -0.15) is 0 Å². The van der Waals surface area contributed by atoms with E-state index in [4.69, 9.17) is 0 Å². The maximum atomic E-state index is 13.7. The van der Waals surface area contributed by atoms with Crippen molar-refractivity contribution in [1.82, 2.24) is 9.80 Å². The molecule has 0 aliphatic rings. The molecule has 0 fully saturated rings. The van der Waals surface area contributed by atoms with E-state index in [1.807, 2.05) is 14.1 Å². The van der Waals surface area contributed by atoms with Gasteiger partial charge in [0.05, 0.1) is 6.10 Å². The molecular formula is C16H27FN2O. The number of likely N-dealkylation sites (N-methyl/N-ethyl adjacent to an activating group) is 1. The van der Waals surface area contributed by atoms with Crippen LogP contribution in [-0.2, 0) is 0 Å². The van der Waals surface area contributed by atoms with E-state index in [0.717, 1.165) is 19.6 Å². The molecule has 0 aromatic heterocycles. The Labute approximate surface area is 122 Å². The molecule has 1 aromatic carbocycles. The molecule has 0 radical (unpaired) electrons. The predicted octanol–water partition coefficient (Wildman–Crippen LogP) is 2.38. The molecule has 0 heterocycles. The molecule has 3 nitrogen and oxygen atoms in total. The summed E-state index contributed by atoms with van der Waals surface area (Å²) in [6.07, 6.45) is -0.780. The summed E-state index contributed by atoms with van der Waals surface area (Å²) in [5.74, 6) is 0.182. The first-order valence-electron chi connectivity index (χ1n) is 7.19. The van der Waals surface area contributed by atoms with E-state index in [9.17, 15) is 9.50 Å². The summed E-state index contributed by atoms with van der Waals surface area (Å²) in [5, 5.41) is 10.3. The molecule has 0 aliphatic carbocycles. The minimum atomic E-state index is -0.780. The van der Waals surface area contributed by atoms with Crippen molar-refractivity contribution in [3.8, 4) is 0 Å². The van der Waals surface area contributed by atoms with Crippen LogP contribution < -0.4 is 0 Å². The quantitative estimate of drug-likeness (QED) is 0.793. The molecular weight excluding hydrogens is 255 g/mol. The summed E-state index contributed by atoms with van der Waals surface area (Å²) in [7, 11) is 4.06. The lowest BCUT2D eigenvalue weighted by molar-refractivity contribution is 0.0987. The number of rotatable bonds is 8. The van der Waals surface area contributed by atoms with Gasteiger partial charge in [0, 0.05) is 31.7 Å². The van der Waals surface area contributed by atoms with Gasteiger partial charge < -0.3 is 10.0 Å². The van der Waals surface area contributed by atoms with Gasteiger partial charge in [0.2, 0.25) is 0 Å². The van der Waals surface area contributed by atoms with E-state index in [0.29, 0.717) is 18.0 Å². The minimum Gasteiger partial charge on any atom is -0.387 e. The number of nitrogens with zero attached hydrogens (tertiary/aromatic N) is 2. The predicted molar refractivity (Wildman–Crippen MR) is 81.2 cm³/mol. The van der Waals surface area contributed by atoms with Gasteiger partial charge in [-0.15, -0.1) is 0 Å². The van der Waals surface area contributed by atoms with Crippen molar-refractivity contribution in [2.45, 2.75) is 20.0 Å². The second-order valence-corrected chi connectivity index (χ2v) is 5.99. The molecule has 1 unspecified atom stereocenters. The van der Waals surface area contributed by atoms with Crippen molar-refractivity contribution in [2.24, 2.45) is 5.92 Å². The monoisotopic (exact) mass is 282 g/mol. The molecule has 1 rings (SSSR count). The van der Waals surface area contributed by atoms with E-state index in [1.54, 1.807) is 18.2 Å². The summed E-state index contributed by atoms with van der Waals surface area (Å²) in [6, 6.07) is 6.45. The Morgan fingerprint density at radius 2 is 1.75 bits per heavy atom. The zero-order valence-corrected chi connectivity index (χ0v) is 13.0. The maximum Gasteiger partial charge on any atom is 0.129 e. The fourth-order valence-electron chi connectivity index (χ4n) is 2.20. The van der Waals surface area contributed by atoms with Crippen molar-refractivity contribution in [1.29, 1.82) is 0 Å². The molecule has 0 spiro atoms. The summed E-state index contributed by atoms with van der Waals surface area (Å²) in [6.45, 7) is 7.47. The Hall–Kier alpha value is -0.970. The van der Waals surface area contributed by atoms with E-state index in [-0.39, 0.29) is 5.82 Å². The van der Waals surface area contributed by atoms with Gasteiger partial charge in [-0.05, 0) is 26.1 Å². The van der Waals surface area contributed by atoms with Crippen molar-refractivity contribution in [2.75, 3.05) is 40.3 Å². The van der Waals surface area contributed by atoms with Crippen molar-refractivity contribution < 1.29 is 9.50 Å². The number of benzene rings is 1. The van der Waals surface area contributed by atoms with Crippen LogP contribution in [0.2, 0.25) is 0 Å². The number of hydrogen-bond donors (Lipinski definition) is 1. The van der Waals surface area contributed by atoms with Gasteiger partial charge in [0.15, 0.2) is 0 Å². The van der Waals surface area contributed by atoms with E-state index in [1.165, 1.54) is 6.07 Å². The highest BCUT2D eigenvalue weighted by atomic mass is 19.1. The highest BCUT2D eigenvalue weighted by Gasteiger charge is 2.17. The topological polar surface area (TPSA) is 26.7 Å². The molecule has 1 aromatic rings. The highest BCUT2D eigenvalue weighted by Crippen LogP contribution is 2.18. The van der Waals surface area contributed by atoms with Gasteiger partial charge in [-0.25, -0.2) is 4.39 Å². The Balaban J connectivity index is 2.65. The fourth-order valence-corrected chi connectivity index (χ4v) is 2.20. The highest BCUT2D eigenvalue weighted by molar-refractivity contribution is 5.20. The molecule has 20 heavy (non-hydrogen) atoms. The number of halogens is 1. The van der Waals surface area contributed by atoms with E-state index in [2.05, 4.69) is 23.6 Å². The lowest BCUT2D eigenvalue weighted by atomic mass is 10.1. The first kappa shape index (κ1) is 17.1. The lowest BCUT2D eigenvalue weighted by Gasteiger charge is -2.28. The van der Waals surface area contributed by atoms with Gasteiger partial charge in [-0.1, -0.05) is 32.0 Å².